The van der Waals surface area contributed by atoms with Crippen molar-refractivity contribution in [1.29, 1.82) is 0 Å². The van der Waals surface area contributed by atoms with Gasteiger partial charge in [0.1, 0.15) is 24.7 Å². The molecule has 2 heterocycles. The quantitative estimate of drug-likeness (QED) is 0.229. The lowest BCUT2D eigenvalue weighted by atomic mass is 9.89. The first-order chi connectivity index (χ1) is 19.8. The van der Waals surface area contributed by atoms with E-state index >= 15 is 0 Å². The number of hydrogen-bond acceptors (Lipinski definition) is 10. The molecule has 1 saturated heterocycles. The van der Waals surface area contributed by atoms with E-state index in [9.17, 15) is 14.7 Å². The summed E-state index contributed by atoms with van der Waals surface area (Å²) in [5.41, 5.74) is -0.575. The molecule has 0 atom stereocenters. The number of carbonyl (C=O) groups is 2. The first-order valence-corrected chi connectivity index (χ1v) is 13.9. The molecule has 0 amide bonds. The van der Waals surface area contributed by atoms with Gasteiger partial charge in [-0.25, -0.2) is 4.79 Å². The molecule has 0 bridgehead atoms. The first kappa shape index (κ1) is 28.1. The highest BCUT2D eigenvalue weighted by Crippen LogP contribution is 2.28. The number of Topliss-reactive ketones (excluding diaryl/α,β-unsaturated/α-hetero) is 1. The number of carboxylic acids is 1. The van der Waals surface area contributed by atoms with Gasteiger partial charge in [-0.05, 0) is 63.8 Å². The number of ether oxygens (including phenoxy) is 3. The molecule has 11 nitrogen and oxygen atoms in total. The first-order valence-electron chi connectivity index (χ1n) is 13.9. The molecule has 0 spiro atoms. The smallest absolute Gasteiger partial charge is 0.347 e. The summed E-state index contributed by atoms with van der Waals surface area (Å²) in [6, 6.07) is 16.8. The SMILES string of the molecule is CC(C)(Oc1ccc(OCCOc2nc(NC3CC3)nc(N3CCC(C(=O)c4ccccc4)CC3)n2)cc1)C(=O)O. The fraction of sp³-hybridized carbons (Fsp3) is 0.433. The predicted octanol–water partition coefficient (Wildman–Crippen LogP) is 4.25. The minimum absolute atomic E-state index is 0.0169. The van der Waals surface area contributed by atoms with E-state index in [-0.39, 0.29) is 30.9 Å². The van der Waals surface area contributed by atoms with Crippen molar-refractivity contribution in [1.82, 2.24) is 15.0 Å². The Labute approximate surface area is 238 Å². The van der Waals surface area contributed by atoms with Crippen molar-refractivity contribution in [3.63, 3.8) is 0 Å². The molecule has 1 saturated carbocycles. The maximum absolute atomic E-state index is 12.9. The van der Waals surface area contributed by atoms with Gasteiger partial charge < -0.3 is 29.5 Å². The normalized spacial score (nSPS) is 15.7. The highest BCUT2D eigenvalue weighted by atomic mass is 16.5. The van der Waals surface area contributed by atoms with Gasteiger partial charge in [-0.1, -0.05) is 30.3 Å². The van der Waals surface area contributed by atoms with Gasteiger partial charge in [-0.2, -0.15) is 15.0 Å². The Kier molecular flexibility index (Phi) is 8.51. The molecule has 2 fully saturated rings. The van der Waals surface area contributed by atoms with Gasteiger partial charge >= 0.3 is 12.0 Å². The Hall–Kier alpha value is -4.41. The van der Waals surface area contributed by atoms with Crippen molar-refractivity contribution in [2.75, 3.05) is 36.5 Å². The number of nitrogens with one attached hydrogen (secondary N) is 1. The molecule has 2 aliphatic rings. The van der Waals surface area contributed by atoms with E-state index in [2.05, 4.69) is 25.2 Å². The van der Waals surface area contributed by atoms with Crippen LogP contribution in [0, 0.1) is 5.92 Å². The van der Waals surface area contributed by atoms with Crippen LogP contribution in [0.3, 0.4) is 0 Å². The number of rotatable bonds is 13. The van der Waals surface area contributed by atoms with Crippen LogP contribution in [0.4, 0.5) is 11.9 Å². The van der Waals surface area contributed by atoms with Crippen LogP contribution in [-0.2, 0) is 4.79 Å². The maximum Gasteiger partial charge on any atom is 0.347 e. The van der Waals surface area contributed by atoms with Crippen molar-refractivity contribution in [2.45, 2.75) is 51.2 Å². The lowest BCUT2D eigenvalue weighted by Gasteiger charge is -2.31. The third-order valence-electron chi connectivity index (χ3n) is 7.02. The van der Waals surface area contributed by atoms with Gasteiger partial charge in [-0.3, -0.25) is 4.79 Å². The molecule has 41 heavy (non-hydrogen) atoms. The number of piperidine rings is 1. The Bertz CT molecular complexity index is 1340. The second kappa shape index (κ2) is 12.4. The van der Waals surface area contributed by atoms with Gasteiger partial charge in [0.15, 0.2) is 11.4 Å². The van der Waals surface area contributed by atoms with Gasteiger partial charge in [0.2, 0.25) is 11.9 Å². The van der Waals surface area contributed by atoms with E-state index in [1.807, 2.05) is 30.3 Å². The molecule has 5 rings (SSSR count). The summed E-state index contributed by atoms with van der Waals surface area (Å²) in [6.07, 6.45) is 3.62. The van der Waals surface area contributed by atoms with Crippen LogP contribution in [0.5, 0.6) is 17.5 Å². The van der Waals surface area contributed by atoms with E-state index in [1.54, 1.807) is 24.3 Å². The van der Waals surface area contributed by atoms with Gasteiger partial charge in [0.25, 0.3) is 0 Å². The molecule has 0 radical (unpaired) electrons. The number of carbonyl (C=O) groups excluding carboxylic acids is 1. The fourth-order valence-corrected chi connectivity index (χ4v) is 4.44. The molecule has 2 N–H and O–H groups in total. The third kappa shape index (κ3) is 7.62. The lowest BCUT2D eigenvalue weighted by Crippen LogP contribution is -2.37. The van der Waals surface area contributed by atoms with Crippen LogP contribution in [0.2, 0.25) is 0 Å². The lowest BCUT2D eigenvalue weighted by molar-refractivity contribution is -0.152. The van der Waals surface area contributed by atoms with Crippen LogP contribution >= 0.6 is 0 Å². The minimum Gasteiger partial charge on any atom is -0.490 e. The largest absolute Gasteiger partial charge is 0.490 e. The summed E-state index contributed by atoms with van der Waals surface area (Å²) in [7, 11) is 0. The number of anilines is 2. The zero-order valence-electron chi connectivity index (χ0n) is 23.3. The molecule has 0 unspecified atom stereocenters. The summed E-state index contributed by atoms with van der Waals surface area (Å²) in [4.78, 5) is 39.9. The molecule has 11 heteroatoms. The standard InChI is InChI=1S/C30H35N5O6/c1-30(2,26(37)38)41-24-12-10-23(11-13-24)39-18-19-40-29-33-27(31-22-8-9-22)32-28(34-29)35-16-14-21(15-17-35)25(36)20-6-4-3-5-7-20/h3-7,10-13,21-22H,8-9,14-19H2,1-2H3,(H,37,38)(H,31,32,33,34). The summed E-state index contributed by atoms with van der Waals surface area (Å²) in [5.74, 6) is 1.16. The Morgan fingerprint density at radius 1 is 0.902 bits per heavy atom. The monoisotopic (exact) mass is 561 g/mol. The van der Waals surface area contributed by atoms with Gasteiger partial charge in [0, 0.05) is 30.6 Å². The van der Waals surface area contributed by atoms with Crippen molar-refractivity contribution >= 4 is 23.6 Å². The van der Waals surface area contributed by atoms with Crippen LogP contribution in [0.15, 0.2) is 54.6 Å². The third-order valence-corrected chi connectivity index (χ3v) is 7.02. The van der Waals surface area contributed by atoms with Crippen molar-refractivity contribution in [2.24, 2.45) is 5.92 Å². The van der Waals surface area contributed by atoms with Crippen LogP contribution in [-0.4, -0.2) is 69.8 Å². The summed E-state index contributed by atoms with van der Waals surface area (Å²) >= 11 is 0. The van der Waals surface area contributed by atoms with E-state index < -0.39 is 11.6 Å². The highest BCUT2D eigenvalue weighted by Gasteiger charge is 2.30. The number of carboxylic acid groups (broad SMARTS) is 1. The molecule has 1 aromatic heterocycles. The van der Waals surface area contributed by atoms with E-state index in [4.69, 9.17) is 14.2 Å². The highest BCUT2D eigenvalue weighted by molar-refractivity contribution is 5.97. The van der Waals surface area contributed by atoms with Gasteiger partial charge in [-0.15, -0.1) is 0 Å². The Morgan fingerprint density at radius 3 is 2.22 bits per heavy atom. The van der Waals surface area contributed by atoms with E-state index in [0.29, 0.717) is 42.5 Å². The summed E-state index contributed by atoms with van der Waals surface area (Å²) in [6.45, 7) is 4.78. The average Bonchev–Trinajstić information content (AvgIpc) is 3.80. The second-order valence-electron chi connectivity index (χ2n) is 10.7. The van der Waals surface area contributed by atoms with Crippen molar-refractivity contribution in [3.05, 3.63) is 60.2 Å². The van der Waals surface area contributed by atoms with Crippen LogP contribution in [0.1, 0.15) is 49.9 Å². The second-order valence-corrected chi connectivity index (χ2v) is 10.7. The molecular weight excluding hydrogens is 526 g/mol. The number of aliphatic carboxylic acids is 1. The zero-order chi connectivity index (χ0) is 28.8. The maximum atomic E-state index is 12.9. The molecular formula is C30H35N5O6. The van der Waals surface area contributed by atoms with Crippen LogP contribution in [0.25, 0.3) is 0 Å². The Morgan fingerprint density at radius 2 is 1.56 bits per heavy atom. The van der Waals surface area contributed by atoms with E-state index in [1.165, 1.54) is 13.8 Å². The number of aromatic nitrogens is 3. The number of benzene rings is 2. The summed E-state index contributed by atoms with van der Waals surface area (Å²) in [5, 5.41) is 12.5. The number of ketones is 1. The van der Waals surface area contributed by atoms with Crippen LogP contribution < -0.4 is 24.4 Å². The van der Waals surface area contributed by atoms with Gasteiger partial charge in [0.05, 0.1) is 0 Å². The van der Waals surface area contributed by atoms with Crippen molar-refractivity contribution < 1.29 is 28.9 Å². The molecule has 1 aliphatic heterocycles. The number of hydrogen-bond donors (Lipinski definition) is 2. The predicted molar refractivity (Wildman–Crippen MR) is 152 cm³/mol. The molecule has 3 aromatic rings. The fourth-order valence-electron chi connectivity index (χ4n) is 4.44. The zero-order valence-corrected chi connectivity index (χ0v) is 23.3. The molecule has 216 valence electrons. The minimum atomic E-state index is -1.33. The molecule has 1 aliphatic carbocycles. The Balaban J connectivity index is 1.15. The van der Waals surface area contributed by atoms with E-state index in [0.717, 1.165) is 31.2 Å². The van der Waals surface area contributed by atoms with Crippen molar-refractivity contribution in [3.8, 4) is 17.5 Å². The average molecular weight is 562 g/mol. The number of nitrogens with zero attached hydrogens (tertiary/aromatic N) is 4. The topological polar surface area (TPSA) is 136 Å². The summed E-state index contributed by atoms with van der Waals surface area (Å²) < 4.78 is 17.1. The molecule has 2 aromatic carbocycles.